The molecule has 1 aromatic carbocycles. The minimum Gasteiger partial charge on any atom is -0.378 e. The number of piperazine rings is 1. The number of hydrogen-bond donors (Lipinski definition) is 1. The van der Waals surface area contributed by atoms with Gasteiger partial charge >= 0.3 is 0 Å². The highest BCUT2D eigenvalue weighted by atomic mass is 16.5. The van der Waals surface area contributed by atoms with Gasteiger partial charge in [-0.05, 0) is 31.9 Å². The zero-order valence-corrected chi connectivity index (χ0v) is 17.9. The van der Waals surface area contributed by atoms with Gasteiger partial charge in [0.2, 0.25) is 11.8 Å². The third kappa shape index (κ3) is 5.78. The van der Waals surface area contributed by atoms with E-state index in [1.54, 1.807) is 0 Å². The van der Waals surface area contributed by atoms with E-state index in [0.29, 0.717) is 39.4 Å². The van der Waals surface area contributed by atoms with Gasteiger partial charge in [0.15, 0.2) is 0 Å². The third-order valence-corrected chi connectivity index (χ3v) is 5.91. The molecule has 2 aliphatic rings. The van der Waals surface area contributed by atoms with E-state index in [9.17, 15) is 9.59 Å². The Labute approximate surface area is 174 Å². The van der Waals surface area contributed by atoms with Gasteiger partial charge in [-0.1, -0.05) is 25.1 Å². The van der Waals surface area contributed by atoms with Crippen LogP contribution in [0.1, 0.15) is 26.3 Å². The first-order valence-corrected chi connectivity index (χ1v) is 10.6. The Morgan fingerprint density at radius 1 is 1.07 bits per heavy atom. The van der Waals surface area contributed by atoms with Crippen LogP contribution in [0.15, 0.2) is 24.3 Å². The van der Waals surface area contributed by atoms with Gasteiger partial charge < -0.3 is 15.0 Å². The van der Waals surface area contributed by atoms with Crippen molar-refractivity contribution in [1.29, 1.82) is 0 Å². The van der Waals surface area contributed by atoms with Crippen molar-refractivity contribution in [2.24, 2.45) is 0 Å². The minimum absolute atomic E-state index is 0.000688. The Morgan fingerprint density at radius 2 is 1.79 bits per heavy atom. The molecule has 7 nitrogen and oxygen atoms in total. The van der Waals surface area contributed by atoms with Crippen LogP contribution >= 0.6 is 0 Å². The standard InChI is InChI=1S/C22H34N4O3/c1-4-18-7-5-6-8-19(18)23-20(27)15-24-9-11-25(12-10-24)21(28)16-26-13-14-29-17-22(26,2)3/h5-8H,4,9-17H2,1-3H3,(H,23,27). The van der Waals surface area contributed by atoms with Gasteiger partial charge in [0.25, 0.3) is 0 Å². The summed E-state index contributed by atoms with van der Waals surface area (Å²) < 4.78 is 5.54. The number of carbonyl (C=O) groups excluding carboxylic acids is 2. The molecule has 2 aliphatic heterocycles. The van der Waals surface area contributed by atoms with E-state index in [4.69, 9.17) is 4.74 Å². The molecule has 29 heavy (non-hydrogen) atoms. The number of carbonyl (C=O) groups is 2. The molecule has 0 unspecified atom stereocenters. The van der Waals surface area contributed by atoms with Crippen molar-refractivity contribution in [3.63, 3.8) is 0 Å². The molecule has 0 saturated carbocycles. The highest BCUT2D eigenvalue weighted by Gasteiger charge is 2.33. The van der Waals surface area contributed by atoms with E-state index >= 15 is 0 Å². The van der Waals surface area contributed by atoms with Gasteiger partial charge in [0, 0.05) is 44.0 Å². The van der Waals surface area contributed by atoms with Gasteiger partial charge in [-0.15, -0.1) is 0 Å². The molecule has 0 aromatic heterocycles. The largest absolute Gasteiger partial charge is 0.378 e. The maximum Gasteiger partial charge on any atom is 0.238 e. The second kappa shape index (κ2) is 9.69. The number of morpholine rings is 1. The van der Waals surface area contributed by atoms with Crippen LogP contribution in [0.2, 0.25) is 0 Å². The fraction of sp³-hybridized carbons (Fsp3) is 0.636. The fourth-order valence-corrected chi connectivity index (χ4v) is 3.95. The number of nitrogens with one attached hydrogen (secondary N) is 1. The second-order valence-corrected chi connectivity index (χ2v) is 8.50. The molecule has 7 heteroatoms. The number of ether oxygens (including phenoxy) is 1. The zero-order valence-electron chi connectivity index (χ0n) is 17.9. The molecular formula is C22H34N4O3. The van der Waals surface area contributed by atoms with Crippen molar-refractivity contribution in [3.05, 3.63) is 29.8 Å². The van der Waals surface area contributed by atoms with Crippen LogP contribution in [0.4, 0.5) is 5.69 Å². The predicted octanol–water partition coefficient (Wildman–Crippen LogP) is 1.44. The van der Waals surface area contributed by atoms with Crippen LogP contribution in [0.5, 0.6) is 0 Å². The van der Waals surface area contributed by atoms with Crippen LogP contribution < -0.4 is 5.32 Å². The number of rotatable bonds is 6. The van der Waals surface area contributed by atoms with E-state index in [-0.39, 0.29) is 17.4 Å². The molecule has 1 N–H and O–H groups in total. The lowest BCUT2D eigenvalue weighted by molar-refractivity contribution is -0.139. The minimum atomic E-state index is -0.109. The van der Waals surface area contributed by atoms with Crippen LogP contribution in [0.3, 0.4) is 0 Å². The molecule has 2 fully saturated rings. The zero-order chi connectivity index (χ0) is 20.9. The SMILES string of the molecule is CCc1ccccc1NC(=O)CN1CCN(C(=O)CN2CCOCC2(C)C)CC1. The first kappa shape index (κ1) is 21.7. The van der Waals surface area contributed by atoms with E-state index in [1.165, 1.54) is 0 Å². The van der Waals surface area contributed by atoms with Crippen molar-refractivity contribution in [2.45, 2.75) is 32.7 Å². The number of aryl methyl sites for hydroxylation is 1. The van der Waals surface area contributed by atoms with E-state index < -0.39 is 0 Å². The lowest BCUT2D eigenvalue weighted by Crippen LogP contribution is -2.58. The summed E-state index contributed by atoms with van der Waals surface area (Å²) in [6, 6.07) is 7.91. The van der Waals surface area contributed by atoms with Crippen LogP contribution in [-0.4, -0.2) is 91.1 Å². The van der Waals surface area contributed by atoms with Crippen molar-refractivity contribution >= 4 is 17.5 Å². The van der Waals surface area contributed by atoms with Crippen molar-refractivity contribution in [3.8, 4) is 0 Å². The maximum absolute atomic E-state index is 12.7. The van der Waals surface area contributed by atoms with Gasteiger partial charge in [-0.2, -0.15) is 0 Å². The first-order chi connectivity index (χ1) is 13.9. The highest BCUT2D eigenvalue weighted by Crippen LogP contribution is 2.19. The smallest absolute Gasteiger partial charge is 0.238 e. The summed E-state index contributed by atoms with van der Waals surface area (Å²) in [5, 5.41) is 3.03. The van der Waals surface area contributed by atoms with Crippen LogP contribution in [-0.2, 0) is 20.7 Å². The Morgan fingerprint density at radius 3 is 2.48 bits per heavy atom. The predicted molar refractivity (Wildman–Crippen MR) is 114 cm³/mol. The van der Waals surface area contributed by atoms with E-state index in [2.05, 4.69) is 35.9 Å². The lowest BCUT2D eigenvalue weighted by atomic mass is 10.0. The van der Waals surface area contributed by atoms with Gasteiger partial charge in [-0.25, -0.2) is 0 Å². The first-order valence-electron chi connectivity index (χ1n) is 10.6. The molecule has 0 atom stereocenters. The summed E-state index contributed by atoms with van der Waals surface area (Å²) in [6.07, 6.45) is 0.886. The van der Waals surface area contributed by atoms with Crippen molar-refractivity contribution < 1.29 is 14.3 Å². The summed E-state index contributed by atoms with van der Waals surface area (Å²) in [4.78, 5) is 31.4. The number of nitrogens with zero attached hydrogens (tertiary/aromatic N) is 3. The average Bonchev–Trinajstić information content (AvgIpc) is 2.70. The van der Waals surface area contributed by atoms with E-state index in [1.807, 2.05) is 29.2 Å². The Bertz CT molecular complexity index is 714. The van der Waals surface area contributed by atoms with Gasteiger partial charge in [-0.3, -0.25) is 19.4 Å². The van der Waals surface area contributed by atoms with E-state index in [0.717, 1.165) is 37.3 Å². The third-order valence-electron chi connectivity index (χ3n) is 5.91. The molecule has 2 amide bonds. The average molecular weight is 403 g/mol. The second-order valence-electron chi connectivity index (χ2n) is 8.50. The van der Waals surface area contributed by atoms with Crippen molar-refractivity contribution in [2.75, 3.05) is 64.3 Å². The molecule has 160 valence electrons. The Kier molecular flexibility index (Phi) is 7.27. The summed E-state index contributed by atoms with van der Waals surface area (Å²) in [6.45, 7) is 12.0. The molecule has 3 rings (SSSR count). The monoisotopic (exact) mass is 402 g/mol. The molecule has 0 radical (unpaired) electrons. The quantitative estimate of drug-likeness (QED) is 0.780. The van der Waals surface area contributed by atoms with Crippen LogP contribution in [0.25, 0.3) is 0 Å². The Hall–Kier alpha value is -1.96. The van der Waals surface area contributed by atoms with Gasteiger partial charge in [0.1, 0.15) is 0 Å². The molecule has 0 bridgehead atoms. The van der Waals surface area contributed by atoms with Crippen molar-refractivity contribution in [1.82, 2.24) is 14.7 Å². The molecule has 1 aromatic rings. The van der Waals surface area contributed by atoms with Gasteiger partial charge in [0.05, 0.1) is 26.3 Å². The number of hydrogen-bond acceptors (Lipinski definition) is 5. The van der Waals surface area contributed by atoms with Crippen LogP contribution in [0, 0.1) is 0 Å². The molecule has 2 saturated heterocycles. The lowest BCUT2D eigenvalue weighted by Gasteiger charge is -2.43. The summed E-state index contributed by atoms with van der Waals surface area (Å²) in [7, 11) is 0. The molecular weight excluding hydrogens is 368 g/mol. The summed E-state index contributed by atoms with van der Waals surface area (Å²) >= 11 is 0. The maximum atomic E-state index is 12.7. The highest BCUT2D eigenvalue weighted by molar-refractivity contribution is 5.93. The Balaban J connectivity index is 1.44. The fourth-order valence-electron chi connectivity index (χ4n) is 3.95. The molecule has 0 spiro atoms. The summed E-state index contributed by atoms with van der Waals surface area (Å²) in [5.74, 6) is 0.168. The normalized spacial score (nSPS) is 20.4. The number of amides is 2. The number of benzene rings is 1. The topological polar surface area (TPSA) is 65.1 Å². The molecule has 2 heterocycles. The summed E-state index contributed by atoms with van der Waals surface area (Å²) in [5.41, 5.74) is 1.92. The number of para-hydroxylation sites is 1. The molecule has 0 aliphatic carbocycles. The number of anilines is 1.